The summed E-state index contributed by atoms with van der Waals surface area (Å²) in [6, 6.07) is 0. The van der Waals surface area contributed by atoms with E-state index in [9.17, 15) is 0 Å². The van der Waals surface area contributed by atoms with E-state index >= 15 is 0 Å². The fourth-order valence-electron chi connectivity index (χ4n) is 2.62. The number of hydrogen-bond donors (Lipinski definition) is 1. The first kappa shape index (κ1) is 19.0. The second kappa shape index (κ2) is 9.85. The van der Waals surface area contributed by atoms with Crippen molar-refractivity contribution in [2.75, 3.05) is 25.6 Å². The van der Waals surface area contributed by atoms with Crippen LogP contribution < -0.4 is 0 Å². The minimum Gasteiger partial charge on any atom is -0.293 e. The predicted molar refractivity (Wildman–Crippen MR) is 96.0 cm³/mol. The Morgan fingerprint density at radius 1 is 1.05 bits per heavy atom. The smallest absolute Gasteiger partial charge is 0.125 e. The van der Waals surface area contributed by atoms with Crippen molar-refractivity contribution >= 4 is 36.1 Å². The van der Waals surface area contributed by atoms with E-state index in [4.69, 9.17) is 12.5 Å². The maximum Gasteiger partial charge on any atom is 0.125 e. The van der Waals surface area contributed by atoms with Gasteiger partial charge >= 0.3 is 0 Å². The van der Waals surface area contributed by atoms with Gasteiger partial charge in [0.1, 0.15) is 5.25 Å². The first-order valence-electron chi connectivity index (χ1n) is 7.70. The van der Waals surface area contributed by atoms with Gasteiger partial charge in [-0.1, -0.05) is 0 Å². The molecule has 0 aromatic carbocycles. The first-order valence-corrected chi connectivity index (χ1v) is 10.4. The third-order valence-electron chi connectivity index (χ3n) is 3.59. The highest BCUT2D eigenvalue weighted by Crippen LogP contribution is 2.53. The van der Waals surface area contributed by atoms with E-state index in [1.807, 2.05) is 20.8 Å². The highest BCUT2D eigenvalue weighted by Gasteiger charge is 2.32. The molecule has 0 saturated heterocycles. The number of hydrogen-bond acceptors (Lipinski definition) is 4. The molecule has 6 heteroatoms. The molecule has 20 heavy (non-hydrogen) atoms. The third kappa shape index (κ3) is 5.97. The van der Waals surface area contributed by atoms with Crippen LogP contribution in [0.2, 0.25) is 0 Å². The van der Waals surface area contributed by atoms with Gasteiger partial charge in [-0.2, -0.15) is 12.6 Å². The van der Waals surface area contributed by atoms with Crippen molar-refractivity contribution < 1.29 is 12.5 Å². The fourth-order valence-corrected chi connectivity index (χ4v) is 5.63. The fraction of sp³-hybridized carbons (Fsp3) is 1.00. The molecular formula is C14H31O3S3+. The summed E-state index contributed by atoms with van der Waals surface area (Å²) in [5, 5.41) is 1.01. The number of rotatable bonds is 9. The third-order valence-corrected chi connectivity index (χ3v) is 7.66. The summed E-state index contributed by atoms with van der Waals surface area (Å²) in [6.45, 7) is 7.91. The lowest BCUT2D eigenvalue weighted by atomic mass is 9.87. The minimum atomic E-state index is -1.81. The van der Waals surface area contributed by atoms with Crippen LogP contribution in [0.15, 0.2) is 0 Å². The summed E-state index contributed by atoms with van der Waals surface area (Å²) in [7, 11) is -1.81. The molecule has 3 nitrogen and oxygen atoms in total. The second-order valence-electron chi connectivity index (χ2n) is 5.12. The highest BCUT2D eigenvalue weighted by atomic mass is 32.3. The molecule has 0 heterocycles. The van der Waals surface area contributed by atoms with Crippen LogP contribution >= 0.6 is 23.5 Å². The largest absolute Gasteiger partial charge is 0.293 e. The Labute approximate surface area is 137 Å². The van der Waals surface area contributed by atoms with Gasteiger partial charge in [0.05, 0.1) is 30.7 Å². The summed E-state index contributed by atoms with van der Waals surface area (Å²) in [6.07, 6.45) is 4.73. The monoisotopic (exact) mass is 343 g/mol. The van der Waals surface area contributed by atoms with Crippen LogP contribution in [-0.4, -0.2) is 36.1 Å². The molecule has 0 aliphatic heterocycles. The summed E-state index contributed by atoms with van der Waals surface area (Å²) in [5.41, 5.74) is 0. The van der Waals surface area contributed by atoms with Crippen molar-refractivity contribution in [3.05, 3.63) is 0 Å². The zero-order valence-corrected chi connectivity index (χ0v) is 15.7. The van der Waals surface area contributed by atoms with E-state index in [0.717, 1.165) is 18.6 Å². The molecule has 122 valence electrons. The van der Waals surface area contributed by atoms with Gasteiger partial charge < -0.3 is 0 Å². The molecule has 1 aliphatic rings. The summed E-state index contributed by atoms with van der Waals surface area (Å²) < 4.78 is 17.6. The van der Waals surface area contributed by atoms with Crippen LogP contribution in [0.5, 0.6) is 0 Å². The molecule has 1 saturated carbocycles. The second-order valence-corrected chi connectivity index (χ2v) is 8.76. The van der Waals surface area contributed by atoms with Gasteiger partial charge in [-0.25, -0.2) is 0 Å². The minimum absolute atomic E-state index is 0.459. The topological polar surface area (TPSA) is 27.7 Å². The Kier molecular flexibility index (Phi) is 9.34. The van der Waals surface area contributed by atoms with Crippen LogP contribution in [0.4, 0.5) is 0 Å². The first-order chi connectivity index (χ1) is 9.56. The lowest BCUT2D eigenvalue weighted by Crippen LogP contribution is -2.29. The summed E-state index contributed by atoms with van der Waals surface area (Å²) in [5.74, 6) is 1.58. The Morgan fingerprint density at radius 3 is 2.05 bits per heavy atom. The quantitative estimate of drug-likeness (QED) is 0.513. The Hall–Kier alpha value is 0.930. The molecule has 0 spiro atoms. The van der Waals surface area contributed by atoms with E-state index in [0.29, 0.717) is 36.2 Å². The molecule has 1 fully saturated rings. The lowest BCUT2D eigenvalue weighted by Gasteiger charge is -2.38. The Bertz CT molecular complexity index is 249. The van der Waals surface area contributed by atoms with Crippen LogP contribution in [0, 0.1) is 5.92 Å². The van der Waals surface area contributed by atoms with Gasteiger partial charge in [-0.05, 0) is 65.0 Å². The molecule has 3 unspecified atom stereocenters. The predicted octanol–water partition coefficient (Wildman–Crippen LogP) is 3.51. The zero-order chi connectivity index (χ0) is 15.0. The van der Waals surface area contributed by atoms with E-state index in [1.165, 1.54) is 12.8 Å². The van der Waals surface area contributed by atoms with Crippen LogP contribution in [0.3, 0.4) is 0 Å². The molecule has 1 rings (SSSR count). The zero-order valence-electron chi connectivity index (χ0n) is 13.0. The molecule has 1 aliphatic carbocycles. The van der Waals surface area contributed by atoms with Gasteiger partial charge in [-0.15, -0.1) is 0 Å². The van der Waals surface area contributed by atoms with Crippen molar-refractivity contribution in [1.82, 2.24) is 0 Å². The molecule has 0 bridgehead atoms. The van der Waals surface area contributed by atoms with Gasteiger partial charge in [0.15, 0.2) is 0 Å². The summed E-state index contributed by atoms with van der Waals surface area (Å²) >= 11 is 8.42. The van der Waals surface area contributed by atoms with E-state index in [-0.39, 0.29) is 0 Å². The molecule has 0 amide bonds. The lowest BCUT2D eigenvalue weighted by molar-refractivity contribution is 0.183. The van der Waals surface area contributed by atoms with Crippen molar-refractivity contribution in [1.29, 1.82) is 0 Å². The van der Waals surface area contributed by atoms with E-state index < -0.39 is 10.9 Å². The maximum atomic E-state index is 5.86. The molecule has 0 radical (unpaired) electrons. The van der Waals surface area contributed by atoms with Gasteiger partial charge in [0.2, 0.25) is 0 Å². The summed E-state index contributed by atoms with van der Waals surface area (Å²) in [4.78, 5) is 0. The molecular weight excluding hydrogens is 312 g/mol. The molecule has 3 atom stereocenters. The molecule has 0 N–H and O–H groups in total. The van der Waals surface area contributed by atoms with Gasteiger partial charge in [0.25, 0.3) is 0 Å². The Balaban J connectivity index is 2.52. The standard InChI is InChI=1S/C14H30O3S3/c1-4-15-20(16-5-2,17-6-3)10-9-12-7-8-13(18)14(19)11-12/h12-14,18-19H,4-11H2,1-3H3/p+1. The Morgan fingerprint density at radius 2 is 1.60 bits per heavy atom. The van der Waals surface area contributed by atoms with Crippen LogP contribution in [0.1, 0.15) is 46.5 Å². The van der Waals surface area contributed by atoms with Crippen LogP contribution in [-0.2, 0) is 25.2 Å². The normalized spacial score (nSPS) is 28.6. The SMILES string of the molecule is CCOS(CCC1CCC([SH2+])C(S)C1)(OCC)OCC. The average molecular weight is 344 g/mol. The molecule has 0 aromatic rings. The van der Waals surface area contributed by atoms with E-state index in [1.54, 1.807) is 0 Å². The number of thiol groups is 1. The van der Waals surface area contributed by atoms with Crippen molar-refractivity contribution in [2.24, 2.45) is 5.92 Å². The maximum absolute atomic E-state index is 5.86. The highest BCUT2D eigenvalue weighted by molar-refractivity contribution is 8.21. The average Bonchev–Trinajstić information content (AvgIpc) is 2.41. The van der Waals surface area contributed by atoms with E-state index in [2.05, 4.69) is 25.3 Å². The van der Waals surface area contributed by atoms with Crippen molar-refractivity contribution in [3.8, 4) is 0 Å². The van der Waals surface area contributed by atoms with Crippen molar-refractivity contribution in [3.63, 3.8) is 0 Å². The van der Waals surface area contributed by atoms with Crippen molar-refractivity contribution in [2.45, 2.75) is 57.0 Å². The van der Waals surface area contributed by atoms with Gasteiger partial charge in [0, 0.05) is 11.0 Å². The van der Waals surface area contributed by atoms with Gasteiger partial charge in [-0.3, -0.25) is 12.5 Å². The van der Waals surface area contributed by atoms with Crippen LogP contribution in [0.25, 0.3) is 0 Å². The molecule has 0 aromatic heterocycles.